The Balaban J connectivity index is 2.27. The molecule has 5 nitrogen and oxygen atoms in total. The summed E-state index contributed by atoms with van der Waals surface area (Å²) < 4.78 is 0.689. The second-order valence-corrected chi connectivity index (χ2v) is 3.62. The van der Waals surface area contributed by atoms with Gasteiger partial charge in [0.2, 0.25) is 5.91 Å². The lowest BCUT2D eigenvalue weighted by Crippen LogP contribution is -2.24. The molecule has 68 valence electrons. The molecule has 0 unspecified atom stereocenters. The molecule has 1 aliphatic rings. The van der Waals surface area contributed by atoms with Crippen LogP contribution in [0.3, 0.4) is 0 Å². The number of aromatic amines is 1. The van der Waals surface area contributed by atoms with Gasteiger partial charge in [0.05, 0.1) is 13.0 Å². The van der Waals surface area contributed by atoms with E-state index in [9.17, 15) is 9.59 Å². The Labute approximate surface area is 82.2 Å². The Bertz CT molecular complexity index is 374. The number of H-pyrrole nitrogens is 1. The van der Waals surface area contributed by atoms with E-state index in [-0.39, 0.29) is 24.7 Å². The number of amides is 1. The van der Waals surface area contributed by atoms with Crippen molar-refractivity contribution >= 4 is 33.4 Å². The number of Topliss-reactive ketones (excluding diaryl/α,β-unsaturated/α-hetero) is 1. The molecule has 0 aliphatic carbocycles. The third-order valence-electron chi connectivity index (χ3n) is 1.79. The highest BCUT2D eigenvalue weighted by Crippen LogP contribution is 2.19. The maximum atomic E-state index is 11.2. The molecule has 1 amide bonds. The van der Waals surface area contributed by atoms with Crippen LogP contribution in [0.25, 0.3) is 0 Å². The van der Waals surface area contributed by atoms with Gasteiger partial charge in [0.1, 0.15) is 4.60 Å². The topological polar surface area (TPSA) is 66.1 Å². The van der Waals surface area contributed by atoms with Crippen LogP contribution in [-0.4, -0.2) is 28.4 Å². The summed E-state index contributed by atoms with van der Waals surface area (Å²) in [6, 6.07) is 1.66. The van der Waals surface area contributed by atoms with Gasteiger partial charge in [-0.25, -0.2) is 0 Å². The van der Waals surface area contributed by atoms with Crippen LogP contribution >= 0.6 is 15.9 Å². The van der Waals surface area contributed by atoms with Crippen LogP contribution in [0.4, 0.5) is 5.82 Å². The fourth-order valence-electron chi connectivity index (χ4n) is 1.22. The normalized spacial score (nSPS) is 17.2. The van der Waals surface area contributed by atoms with E-state index in [0.29, 0.717) is 10.4 Å². The zero-order valence-corrected chi connectivity index (χ0v) is 8.17. The van der Waals surface area contributed by atoms with Gasteiger partial charge in [-0.3, -0.25) is 19.6 Å². The lowest BCUT2D eigenvalue weighted by molar-refractivity contribution is -0.121. The number of nitrogens with zero attached hydrogens (tertiary/aromatic N) is 2. The molecular weight excluding hydrogens is 238 g/mol. The highest BCUT2D eigenvalue weighted by Gasteiger charge is 2.29. The molecule has 0 saturated carbocycles. The minimum Gasteiger partial charge on any atom is -0.297 e. The Hall–Kier alpha value is -1.17. The summed E-state index contributed by atoms with van der Waals surface area (Å²) >= 11 is 3.17. The van der Waals surface area contributed by atoms with Crippen molar-refractivity contribution in [3.05, 3.63) is 10.7 Å². The zero-order valence-electron chi connectivity index (χ0n) is 6.58. The summed E-state index contributed by atoms with van der Waals surface area (Å²) in [5, 5.41) is 6.51. The molecule has 0 spiro atoms. The molecule has 1 aromatic heterocycles. The van der Waals surface area contributed by atoms with Crippen LogP contribution in [0.5, 0.6) is 0 Å². The molecule has 0 radical (unpaired) electrons. The first-order valence-corrected chi connectivity index (χ1v) is 4.49. The molecule has 13 heavy (non-hydrogen) atoms. The number of rotatable bonds is 1. The lowest BCUT2D eigenvalue weighted by Gasteiger charge is -2.08. The molecule has 0 aromatic carbocycles. The summed E-state index contributed by atoms with van der Waals surface area (Å²) in [7, 11) is 0. The number of anilines is 1. The predicted octanol–water partition coefficient (Wildman–Crippen LogP) is 0.478. The van der Waals surface area contributed by atoms with E-state index < -0.39 is 0 Å². The van der Waals surface area contributed by atoms with Crippen LogP contribution in [0, 0.1) is 0 Å². The molecular formula is C7H6BrN3O2. The first-order valence-electron chi connectivity index (χ1n) is 3.70. The van der Waals surface area contributed by atoms with E-state index in [1.807, 2.05) is 0 Å². The van der Waals surface area contributed by atoms with Crippen LogP contribution in [0.1, 0.15) is 6.42 Å². The van der Waals surface area contributed by atoms with Crippen molar-refractivity contribution in [2.45, 2.75) is 6.42 Å². The molecule has 6 heteroatoms. The van der Waals surface area contributed by atoms with Crippen LogP contribution in [-0.2, 0) is 9.59 Å². The Morgan fingerprint density at radius 2 is 2.31 bits per heavy atom. The van der Waals surface area contributed by atoms with Gasteiger partial charge < -0.3 is 0 Å². The van der Waals surface area contributed by atoms with Crippen molar-refractivity contribution in [3.63, 3.8) is 0 Å². The van der Waals surface area contributed by atoms with Crippen molar-refractivity contribution in [1.82, 2.24) is 10.2 Å². The van der Waals surface area contributed by atoms with Crippen molar-refractivity contribution in [2.24, 2.45) is 0 Å². The quantitative estimate of drug-likeness (QED) is 0.730. The number of hydrogen-bond acceptors (Lipinski definition) is 3. The fourth-order valence-corrected chi connectivity index (χ4v) is 1.51. The van der Waals surface area contributed by atoms with Crippen molar-refractivity contribution in [3.8, 4) is 0 Å². The van der Waals surface area contributed by atoms with E-state index in [0.717, 1.165) is 0 Å². The van der Waals surface area contributed by atoms with Crippen LogP contribution < -0.4 is 4.90 Å². The first kappa shape index (κ1) is 8.43. The summed E-state index contributed by atoms with van der Waals surface area (Å²) in [6.07, 6.45) is -0.00945. The average Bonchev–Trinajstić information content (AvgIpc) is 2.58. The Morgan fingerprint density at radius 3 is 2.77 bits per heavy atom. The molecule has 1 aliphatic heterocycles. The van der Waals surface area contributed by atoms with Gasteiger partial charge in [0.15, 0.2) is 11.6 Å². The van der Waals surface area contributed by atoms with Gasteiger partial charge >= 0.3 is 0 Å². The molecule has 1 aromatic rings. The average molecular weight is 244 g/mol. The minimum atomic E-state index is -0.191. The van der Waals surface area contributed by atoms with Gasteiger partial charge in [-0.05, 0) is 15.9 Å². The zero-order chi connectivity index (χ0) is 9.42. The number of carbonyl (C=O) groups excluding carboxylic acids is 2. The van der Waals surface area contributed by atoms with Crippen LogP contribution in [0.15, 0.2) is 10.7 Å². The van der Waals surface area contributed by atoms with E-state index >= 15 is 0 Å². The number of carbonyl (C=O) groups is 2. The second kappa shape index (κ2) is 2.95. The third-order valence-corrected chi connectivity index (χ3v) is 2.20. The maximum Gasteiger partial charge on any atom is 0.236 e. The van der Waals surface area contributed by atoms with Gasteiger partial charge in [0, 0.05) is 6.07 Å². The van der Waals surface area contributed by atoms with Gasteiger partial charge in [0.25, 0.3) is 0 Å². The summed E-state index contributed by atoms with van der Waals surface area (Å²) in [4.78, 5) is 23.5. The summed E-state index contributed by atoms with van der Waals surface area (Å²) in [6.45, 7) is 0.135. The molecule has 0 bridgehead atoms. The minimum absolute atomic E-state index is 0.00945. The van der Waals surface area contributed by atoms with Crippen molar-refractivity contribution in [1.29, 1.82) is 0 Å². The smallest absolute Gasteiger partial charge is 0.236 e. The molecule has 1 saturated heterocycles. The summed E-state index contributed by atoms with van der Waals surface area (Å²) in [5.74, 6) is 0.232. The van der Waals surface area contributed by atoms with Crippen LogP contribution in [0.2, 0.25) is 0 Å². The monoisotopic (exact) mass is 243 g/mol. The van der Waals surface area contributed by atoms with Crippen molar-refractivity contribution < 1.29 is 9.59 Å². The Kier molecular flexibility index (Phi) is 1.91. The van der Waals surface area contributed by atoms with E-state index in [1.54, 1.807) is 6.07 Å². The van der Waals surface area contributed by atoms with E-state index in [2.05, 4.69) is 26.1 Å². The molecule has 0 atom stereocenters. The molecule has 2 heterocycles. The number of aromatic nitrogens is 2. The summed E-state index contributed by atoms with van der Waals surface area (Å²) in [5.41, 5.74) is 0. The molecule has 1 fully saturated rings. The fraction of sp³-hybridized carbons (Fsp3) is 0.286. The maximum absolute atomic E-state index is 11.2. The number of ketones is 1. The van der Waals surface area contributed by atoms with E-state index in [1.165, 1.54) is 4.90 Å². The van der Waals surface area contributed by atoms with Crippen molar-refractivity contribution in [2.75, 3.05) is 11.4 Å². The highest BCUT2D eigenvalue weighted by molar-refractivity contribution is 9.10. The number of halogens is 1. The lowest BCUT2D eigenvalue weighted by atomic mass is 10.3. The molecule has 1 N–H and O–H groups in total. The van der Waals surface area contributed by atoms with E-state index in [4.69, 9.17) is 0 Å². The highest BCUT2D eigenvalue weighted by atomic mass is 79.9. The second-order valence-electron chi connectivity index (χ2n) is 2.77. The van der Waals surface area contributed by atoms with Gasteiger partial charge in [-0.2, -0.15) is 5.10 Å². The number of nitrogens with one attached hydrogen (secondary N) is 1. The first-order chi connectivity index (χ1) is 6.16. The largest absolute Gasteiger partial charge is 0.297 e. The third kappa shape index (κ3) is 1.49. The molecule has 2 rings (SSSR count). The number of hydrogen-bond donors (Lipinski definition) is 1. The van der Waals surface area contributed by atoms with Gasteiger partial charge in [-0.1, -0.05) is 0 Å². The SMILES string of the molecule is O=C1CC(=O)N(c2cc(Br)[nH]n2)C1. The predicted molar refractivity (Wildman–Crippen MR) is 48.3 cm³/mol. The Morgan fingerprint density at radius 1 is 1.54 bits per heavy atom. The standard InChI is InChI=1S/C7H6BrN3O2/c8-5-2-6(10-9-5)11-3-4(12)1-7(11)13/h2H,1,3H2,(H,9,10). The van der Waals surface area contributed by atoms with Gasteiger partial charge in [-0.15, -0.1) is 0 Å².